The van der Waals surface area contributed by atoms with Crippen LogP contribution in [0.15, 0.2) is 0 Å². The number of hydrogen-bond donors (Lipinski definition) is 2. The molecule has 2 N–H and O–H groups in total. The van der Waals surface area contributed by atoms with Gasteiger partial charge in [-0.25, -0.2) is 0 Å². The Balaban J connectivity index is 2.92. The summed E-state index contributed by atoms with van der Waals surface area (Å²) < 4.78 is 0. The molecule has 0 saturated heterocycles. The number of hydrogen-bond acceptors (Lipinski definition) is 2. The standard InChI is InChI=1S/C11H25NS/c1-10(2)8-6-4-3-5-7-9-11(12)13/h10-11,13H,3-9,12H2,1-2H3. The van der Waals surface area contributed by atoms with Crippen LogP contribution in [0.2, 0.25) is 0 Å². The summed E-state index contributed by atoms with van der Waals surface area (Å²) in [5, 5.41) is 0.0932. The van der Waals surface area contributed by atoms with Gasteiger partial charge < -0.3 is 5.73 Å². The third-order valence-corrected chi connectivity index (χ3v) is 2.54. The molecule has 1 unspecified atom stereocenters. The van der Waals surface area contributed by atoms with Gasteiger partial charge in [0.2, 0.25) is 0 Å². The summed E-state index contributed by atoms with van der Waals surface area (Å²) in [6.45, 7) is 4.58. The van der Waals surface area contributed by atoms with Crippen LogP contribution >= 0.6 is 12.6 Å². The maximum Gasteiger partial charge on any atom is 0.0477 e. The zero-order valence-electron chi connectivity index (χ0n) is 9.13. The van der Waals surface area contributed by atoms with Crippen molar-refractivity contribution in [2.45, 2.75) is 64.2 Å². The first-order valence-electron chi connectivity index (χ1n) is 5.56. The zero-order chi connectivity index (χ0) is 10.1. The van der Waals surface area contributed by atoms with E-state index in [9.17, 15) is 0 Å². The van der Waals surface area contributed by atoms with Crippen molar-refractivity contribution in [2.75, 3.05) is 0 Å². The average molecular weight is 203 g/mol. The summed E-state index contributed by atoms with van der Waals surface area (Å²) in [7, 11) is 0. The topological polar surface area (TPSA) is 26.0 Å². The highest BCUT2D eigenvalue weighted by atomic mass is 32.1. The fourth-order valence-corrected chi connectivity index (χ4v) is 1.62. The molecule has 0 radical (unpaired) electrons. The van der Waals surface area contributed by atoms with Crippen molar-refractivity contribution in [2.24, 2.45) is 11.7 Å². The molecule has 0 fully saturated rings. The van der Waals surface area contributed by atoms with Crippen LogP contribution in [0.3, 0.4) is 0 Å². The molecule has 0 saturated carbocycles. The molecule has 0 heterocycles. The summed E-state index contributed by atoms with van der Waals surface area (Å²) >= 11 is 4.15. The van der Waals surface area contributed by atoms with Crippen LogP contribution in [0.4, 0.5) is 0 Å². The highest BCUT2D eigenvalue weighted by Gasteiger charge is 1.96. The van der Waals surface area contributed by atoms with Gasteiger partial charge in [0.1, 0.15) is 0 Å². The maximum absolute atomic E-state index is 5.54. The molecule has 2 heteroatoms. The lowest BCUT2D eigenvalue weighted by Gasteiger charge is -2.05. The van der Waals surface area contributed by atoms with Crippen molar-refractivity contribution >= 4 is 12.6 Å². The van der Waals surface area contributed by atoms with Crippen LogP contribution in [0, 0.1) is 5.92 Å². The first-order valence-corrected chi connectivity index (χ1v) is 6.08. The molecule has 0 spiro atoms. The van der Waals surface area contributed by atoms with Gasteiger partial charge in [-0.05, 0) is 12.3 Å². The van der Waals surface area contributed by atoms with Crippen molar-refractivity contribution in [1.29, 1.82) is 0 Å². The van der Waals surface area contributed by atoms with Gasteiger partial charge in [-0.3, -0.25) is 0 Å². The molecule has 0 aliphatic heterocycles. The first kappa shape index (κ1) is 13.3. The molecule has 13 heavy (non-hydrogen) atoms. The molecule has 0 amide bonds. The fourth-order valence-electron chi connectivity index (χ4n) is 1.44. The van der Waals surface area contributed by atoms with E-state index >= 15 is 0 Å². The minimum Gasteiger partial charge on any atom is -0.320 e. The Morgan fingerprint density at radius 2 is 1.38 bits per heavy atom. The van der Waals surface area contributed by atoms with Gasteiger partial charge in [0.25, 0.3) is 0 Å². The Kier molecular flexibility index (Phi) is 9.10. The largest absolute Gasteiger partial charge is 0.320 e. The molecule has 0 aromatic heterocycles. The molecule has 0 aromatic rings. The normalized spacial score (nSPS) is 13.6. The summed E-state index contributed by atoms with van der Waals surface area (Å²) in [5.74, 6) is 0.867. The molecule has 1 nitrogen and oxygen atoms in total. The summed E-state index contributed by atoms with van der Waals surface area (Å²) in [4.78, 5) is 0. The second-order valence-corrected chi connectivity index (χ2v) is 4.97. The molecule has 1 atom stereocenters. The smallest absolute Gasteiger partial charge is 0.0477 e. The van der Waals surface area contributed by atoms with E-state index in [1.165, 1.54) is 38.5 Å². The van der Waals surface area contributed by atoms with E-state index < -0.39 is 0 Å². The van der Waals surface area contributed by atoms with Gasteiger partial charge >= 0.3 is 0 Å². The van der Waals surface area contributed by atoms with Crippen LogP contribution < -0.4 is 5.73 Å². The highest BCUT2D eigenvalue weighted by molar-refractivity contribution is 7.80. The quantitative estimate of drug-likeness (QED) is 0.352. The SMILES string of the molecule is CC(C)CCCCCCCC(N)S. The van der Waals surface area contributed by atoms with Crippen LogP contribution in [0.1, 0.15) is 58.8 Å². The Hall–Kier alpha value is 0.310. The van der Waals surface area contributed by atoms with E-state index in [0.29, 0.717) is 0 Å². The third kappa shape index (κ3) is 12.3. The van der Waals surface area contributed by atoms with Gasteiger partial charge in [0, 0.05) is 5.37 Å². The fraction of sp³-hybridized carbons (Fsp3) is 1.00. The molecular weight excluding hydrogens is 178 g/mol. The minimum absolute atomic E-state index is 0.0932. The molecular formula is C11H25NS. The second-order valence-electron chi connectivity index (χ2n) is 4.31. The lowest BCUT2D eigenvalue weighted by atomic mass is 10.0. The van der Waals surface area contributed by atoms with E-state index in [-0.39, 0.29) is 5.37 Å². The predicted octanol–water partition coefficient (Wildman–Crippen LogP) is 3.59. The number of unbranched alkanes of at least 4 members (excludes halogenated alkanes) is 4. The zero-order valence-corrected chi connectivity index (χ0v) is 10.0. The van der Waals surface area contributed by atoms with Crippen LogP contribution in [0.5, 0.6) is 0 Å². The van der Waals surface area contributed by atoms with Gasteiger partial charge in [0.15, 0.2) is 0 Å². The van der Waals surface area contributed by atoms with E-state index in [1.54, 1.807) is 0 Å². The molecule has 0 aromatic carbocycles. The van der Waals surface area contributed by atoms with Crippen molar-refractivity contribution in [3.8, 4) is 0 Å². The predicted molar refractivity (Wildman–Crippen MR) is 64.1 cm³/mol. The van der Waals surface area contributed by atoms with Crippen LogP contribution in [-0.2, 0) is 0 Å². The average Bonchev–Trinajstić information content (AvgIpc) is 2.01. The van der Waals surface area contributed by atoms with E-state index in [4.69, 9.17) is 5.73 Å². The minimum atomic E-state index is 0.0932. The van der Waals surface area contributed by atoms with Crippen molar-refractivity contribution in [3.05, 3.63) is 0 Å². The highest BCUT2D eigenvalue weighted by Crippen LogP contribution is 2.12. The summed E-state index contributed by atoms with van der Waals surface area (Å²) in [5.41, 5.74) is 5.54. The van der Waals surface area contributed by atoms with Crippen LogP contribution in [-0.4, -0.2) is 5.37 Å². The summed E-state index contributed by atoms with van der Waals surface area (Å²) in [6.07, 6.45) is 9.16. The lowest BCUT2D eigenvalue weighted by Crippen LogP contribution is -2.10. The molecule has 80 valence electrons. The van der Waals surface area contributed by atoms with Crippen molar-refractivity contribution < 1.29 is 0 Å². The number of rotatable bonds is 8. The third-order valence-electron chi connectivity index (χ3n) is 2.28. The van der Waals surface area contributed by atoms with E-state index in [0.717, 1.165) is 12.3 Å². The number of thiol groups is 1. The Bertz CT molecular complexity index is 90.3. The second kappa shape index (κ2) is 8.89. The van der Waals surface area contributed by atoms with Gasteiger partial charge in [-0.2, -0.15) is 12.6 Å². The molecule has 0 rings (SSSR count). The molecule has 0 aliphatic carbocycles. The molecule has 0 aliphatic rings. The van der Waals surface area contributed by atoms with Gasteiger partial charge in [-0.1, -0.05) is 52.4 Å². The van der Waals surface area contributed by atoms with Crippen molar-refractivity contribution in [1.82, 2.24) is 0 Å². The monoisotopic (exact) mass is 203 g/mol. The van der Waals surface area contributed by atoms with E-state index in [1.807, 2.05) is 0 Å². The van der Waals surface area contributed by atoms with Gasteiger partial charge in [-0.15, -0.1) is 0 Å². The Labute approximate surface area is 88.9 Å². The van der Waals surface area contributed by atoms with E-state index in [2.05, 4.69) is 26.5 Å². The summed E-state index contributed by atoms with van der Waals surface area (Å²) in [6, 6.07) is 0. The number of nitrogens with two attached hydrogens (primary N) is 1. The molecule has 0 bridgehead atoms. The lowest BCUT2D eigenvalue weighted by molar-refractivity contribution is 0.511. The van der Waals surface area contributed by atoms with Gasteiger partial charge in [0.05, 0.1) is 0 Å². The Morgan fingerprint density at radius 3 is 1.85 bits per heavy atom. The maximum atomic E-state index is 5.54. The first-order chi connectivity index (χ1) is 6.13. The Morgan fingerprint density at radius 1 is 0.923 bits per heavy atom. The van der Waals surface area contributed by atoms with Crippen molar-refractivity contribution in [3.63, 3.8) is 0 Å². The van der Waals surface area contributed by atoms with Crippen LogP contribution in [0.25, 0.3) is 0 Å².